The van der Waals surface area contributed by atoms with Crippen LogP contribution in [-0.4, -0.2) is 22.9 Å². The molecule has 28 heavy (non-hydrogen) atoms. The summed E-state index contributed by atoms with van der Waals surface area (Å²) in [5, 5.41) is 18.9. The number of aliphatic hydroxyl groups excluding tert-OH is 2. The Balaban J connectivity index is 0. The lowest BCUT2D eigenvalue weighted by molar-refractivity contribution is 0.267. The molecular weight excluding hydrogens is 344 g/mol. The molecule has 0 aromatic heterocycles. The minimum atomic E-state index is -0.741. The summed E-state index contributed by atoms with van der Waals surface area (Å²) in [5.74, 6) is 6.54. The lowest BCUT2D eigenvalue weighted by Crippen LogP contribution is -2.20. The Bertz CT molecular complexity index is 575. The van der Waals surface area contributed by atoms with Gasteiger partial charge in [-0.1, -0.05) is 77.5 Å². The van der Waals surface area contributed by atoms with Crippen molar-refractivity contribution in [3.63, 3.8) is 0 Å². The van der Waals surface area contributed by atoms with E-state index in [9.17, 15) is 5.11 Å². The largest absolute Gasteiger partial charge is 0.392 e. The Morgan fingerprint density at radius 1 is 1.14 bits per heavy atom. The smallest absolute Gasteiger partial charge is 0.136 e. The highest BCUT2D eigenvalue weighted by molar-refractivity contribution is 5.32. The summed E-state index contributed by atoms with van der Waals surface area (Å²) in [7, 11) is 0. The van der Waals surface area contributed by atoms with Gasteiger partial charge in [0.2, 0.25) is 0 Å². The van der Waals surface area contributed by atoms with Crippen LogP contribution in [0.1, 0.15) is 94.9 Å². The van der Waals surface area contributed by atoms with E-state index in [-0.39, 0.29) is 12.0 Å². The van der Waals surface area contributed by atoms with Gasteiger partial charge in [-0.05, 0) is 75.0 Å². The SMILES string of the molecule is CC.CC(C)C.CC1=C(C/C=C(\C)C(O)C#C/C(C)=C\CO)C(C)(C)CCC1. The van der Waals surface area contributed by atoms with Gasteiger partial charge in [0, 0.05) is 0 Å². The molecule has 0 spiro atoms. The van der Waals surface area contributed by atoms with Crippen LogP contribution in [0.2, 0.25) is 0 Å². The molecule has 0 fully saturated rings. The molecule has 0 radical (unpaired) electrons. The first-order valence-corrected chi connectivity index (χ1v) is 10.8. The van der Waals surface area contributed by atoms with E-state index >= 15 is 0 Å². The lowest BCUT2D eigenvalue weighted by atomic mass is 9.71. The highest BCUT2D eigenvalue weighted by Gasteiger charge is 2.27. The van der Waals surface area contributed by atoms with Gasteiger partial charge in [-0.15, -0.1) is 0 Å². The van der Waals surface area contributed by atoms with Crippen LogP contribution in [0.15, 0.2) is 34.4 Å². The van der Waals surface area contributed by atoms with Crippen molar-refractivity contribution in [2.24, 2.45) is 11.3 Å². The molecule has 2 nitrogen and oxygen atoms in total. The van der Waals surface area contributed by atoms with E-state index in [1.807, 2.05) is 27.7 Å². The van der Waals surface area contributed by atoms with Gasteiger partial charge in [0.25, 0.3) is 0 Å². The van der Waals surface area contributed by atoms with Gasteiger partial charge in [0.1, 0.15) is 6.10 Å². The third-order valence-corrected chi connectivity index (χ3v) is 4.55. The van der Waals surface area contributed by atoms with Crippen molar-refractivity contribution in [2.75, 3.05) is 6.61 Å². The standard InChI is InChI=1S/C20H30O2.C4H10.C2H6/c1-15(12-14-21)8-11-19(22)17(3)9-10-18-16(2)7-6-13-20(18,4)5;1-4(2)3;1-2/h9,12,19,21-22H,6-7,10,13-14H2,1-5H3;4H,1-3H3;1-2H3/b15-12-,17-9+;;. The second kappa shape index (κ2) is 15.6. The fourth-order valence-electron chi connectivity index (χ4n) is 2.98. The summed E-state index contributed by atoms with van der Waals surface area (Å²) in [6, 6.07) is 0. The molecule has 0 aliphatic heterocycles. The van der Waals surface area contributed by atoms with Crippen LogP contribution < -0.4 is 0 Å². The summed E-state index contributed by atoms with van der Waals surface area (Å²) in [4.78, 5) is 0. The van der Waals surface area contributed by atoms with Crippen LogP contribution in [0.25, 0.3) is 0 Å². The predicted octanol–water partition coefficient (Wildman–Crippen LogP) is 6.84. The van der Waals surface area contributed by atoms with E-state index in [4.69, 9.17) is 5.11 Å². The van der Waals surface area contributed by atoms with Crippen LogP contribution in [0, 0.1) is 23.2 Å². The minimum absolute atomic E-state index is 0.0199. The van der Waals surface area contributed by atoms with Crippen LogP contribution >= 0.6 is 0 Å². The van der Waals surface area contributed by atoms with Crippen molar-refractivity contribution in [1.29, 1.82) is 0 Å². The molecular formula is C26H46O2. The van der Waals surface area contributed by atoms with Gasteiger partial charge < -0.3 is 10.2 Å². The zero-order valence-corrected chi connectivity index (χ0v) is 20.2. The summed E-state index contributed by atoms with van der Waals surface area (Å²) in [5.41, 5.74) is 4.94. The second-order valence-electron chi connectivity index (χ2n) is 8.62. The Morgan fingerprint density at radius 2 is 1.68 bits per heavy atom. The fourth-order valence-corrected chi connectivity index (χ4v) is 2.98. The van der Waals surface area contributed by atoms with E-state index in [1.165, 1.54) is 30.4 Å². The van der Waals surface area contributed by atoms with E-state index in [0.717, 1.165) is 23.5 Å². The maximum Gasteiger partial charge on any atom is 0.136 e. The Labute approximate surface area is 175 Å². The molecule has 0 aromatic rings. The molecule has 0 saturated heterocycles. The van der Waals surface area contributed by atoms with Gasteiger partial charge in [0.15, 0.2) is 0 Å². The van der Waals surface area contributed by atoms with Crippen LogP contribution in [0.5, 0.6) is 0 Å². The summed E-state index contributed by atoms with van der Waals surface area (Å²) in [6.45, 7) is 21.1. The molecule has 0 saturated carbocycles. The van der Waals surface area contributed by atoms with E-state index in [2.05, 4.69) is 59.5 Å². The number of hydrogen-bond acceptors (Lipinski definition) is 2. The number of rotatable bonds is 4. The molecule has 0 heterocycles. The molecule has 0 bridgehead atoms. The number of hydrogen-bond donors (Lipinski definition) is 2. The molecule has 1 aliphatic rings. The summed E-state index contributed by atoms with van der Waals surface area (Å²) < 4.78 is 0. The highest BCUT2D eigenvalue weighted by Crippen LogP contribution is 2.42. The molecule has 0 amide bonds. The topological polar surface area (TPSA) is 40.5 Å². The second-order valence-corrected chi connectivity index (χ2v) is 8.62. The summed E-state index contributed by atoms with van der Waals surface area (Å²) in [6.07, 6.45) is 7.60. The average molecular weight is 391 g/mol. The minimum Gasteiger partial charge on any atom is -0.392 e. The first-order chi connectivity index (χ1) is 13.0. The first kappa shape index (κ1) is 28.9. The maximum absolute atomic E-state index is 10.1. The van der Waals surface area contributed by atoms with E-state index < -0.39 is 6.10 Å². The third-order valence-electron chi connectivity index (χ3n) is 4.55. The Morgan fingerprint density at radius 3 is 2.14 bits per heavy atom. The predicted molar refractivity (Wildman–Crippen MR) is 125 cm³/mol. The molecule has 1 atom stereocenters. The van der Waals surface area contributed by atoms with Crippen molar-refractivity contribution in [3.05, 3.63) is 34.4 Å². The van der Waals surface area contributed by atoms with Gasteiger partial charge in [-0.3, -0.25) is 0 Å². The highest BCUT2D eigenvalue weighted by atomic mass is 16.3. The van der Waals surface area contributed by atoms with E-state index in [1.54, 1.807) is 6.08 Å². The van der Waals surface area contributed by atoms with Crippen LogP contribution in [-0.2, 0) is 0 Å². The molecule has 2 N–H and O–H groups in total. The van der Waals surface area contributed by atoms with Crippen molar-refractivity contribution >= 4 is 0 Å². The van der Waals surface area contributed by atoms with E-state index in [0.29, 0.717) is 0 Å². The Hall–Kier alpha value is -1.30. The molecule has 0 aromatic carbocycles. The molecule has 2 heteroatoms. The molecule has 1 aliphatic carbocycles. The quantitative estimate of drug-likeness (QED) is 0.407. The zero-order valence-electron chi connectivity index (χ0n) is 20.2. The normalized spacial score (nSPS) is 17.6. The van der Waals surface area contributed by atoms with Gasteiger partial charge >= 0.3 is 0 Å². The number of aliphatic hydroxyl groups is 2. The van der Waals surface area contributed by atoms with Crippen LogP contribution in [0.4, 0.5) is 0 Å². The Kier molecular flexibility index (Phi) is 16.1. The fraction of sp³-hybridized carbons (Fsp3) is 0.692. The maximum atomic E-state index is 10.1. The summed E-state index contributed by atoms with van der Waals surface area (Å²) >= 11 is 0. The monoisotopic (exact) mass is 390 g/mol. The van der Waals surface area contributed by atoms with Crippen molar-refractivity contribution < 1.29 is 10.2 Å². The third kappa shape index (κ3) is 13.0. The van der Waals surface area contributed by atoms with Crippen molar-refractivity contribution in [2.45, 2.75) is 101 Å². The molecule has 1 unspecified atom stereocenters. The lowest BCUT2D eigenvalue weighted by Gasteiger charge is -2.34. The first-order valence-electron chi connectivity index (χ1n) is 10.8. The molecule has 1 rings (SSSR count). The average Bonchev–Trinajstić information content (AvgIpc) is 2.60. The zero-order chi connectivity index (χ0) is 22.3. The van der Waals surface area contributed by atoms with Crippen LogP contribution in [0.3, 0.4) is 0 Å². The molecule has 162 valence electrons. The number of allylic oxidation sites excluding steroid dienone is 4. The van der Waals surface area contributed by atoms with Crippen molar-refractivity contribution in [1.82, 2.24) is 0 Å². The van der Waals surface area contributed by atoms with Gasteiger partial charge in [-0.2, -0.15) is 0 Å². The van der Waals surface area contributed by atoms with Gasteiger partial charge in [0.05, 0.1) is 6.61 Å². The van der Waals surface area contributed by atoms with Gasteiger partial charge in [-0.25, -0.2) is 0 Å². The van der Waals surface area contributed by atoms with Crippen molar-refractivity contribution in [3.8, 4) is 11.8 Å².